The van der Waals surface area contributed by atoms with Crippen molar-refractivity contribution in [3.63, 3.8) is 0 Å². The molecule has 0 radical (unpaired) electrons. The van der Waals surface area contributed by atoms with Gasteiger partial charge in [0.1, 0.15) is 23.4 Å². The van der Waals surface area contributed by atoms with Crippen LogP contribution in [-0.2, 0) is 22.6 Å². The largest absolute Gasteiger partial charge is 0.497 e. The lowest BCUT2D eigenvalue weighted by Crippen LogP contribution is -2.53. The van der Waals surface area contributed by atoms with Gasteiger partial charge in [0.05, 0.1) is 7.11 Å². The van der Waals surface area contributed by atoms with Gasteiger partial charge in [-0.2, -0.15) is 0 Å². The number of nitrogens with zero attached hydrogens (tertiary/aromatic N) is 1. The second-order valence-electron chi connectivity index (χ2n) is 8.64. The van der Waals surface area contributed by atoms with Gasteiger partial charge >= 0.3 is 0 Å². The summed E-state index contributed by atoms with van der Waals surface area (Å²) in [5.74, 6) is 0.0486. The fourth-order valence-electron chi connectivity index (χ4n) is 3.72. The summed E-state index contributed by atoms with van der Waals surface area (Å²) in [5, 5.41) is 3.03. The molecule has 7 heteroatoms. The highest BCUT2D eigenvalue weighted by molar-refractivity contribution is 5.88. The van der Waals surface area contributed by atoms with Gasteiger partial charge in [0.25, 0.3) is 5.91 Å². The molecule has 0 bridgehead atoms. The number of benzene rings is 3. The van der Waals surface area contributed by atoms with Gasteiger partial charge in [-0.15, -0.1) is 0 Å². The van der Waals surface area contributed by atoms with Crippen LogP contribution in [-0.4, -0.2) is 42.5 Å². The number of carbonyl (C=O) groups is 2. The van der Waals surface area contributed by atoms with Crippen LogP contribution < -0.4 is 14.8 Å². The minimum Gasteiger partial charge on any atom is -0.497 e. The molecule has 0 aromatic heterocycles. The Morgan fingerprint density at radius 2 is 1.64 bits per heavy atom. The van der Waals surface area contributed by atoms with Gasteiger partial charge in [0.2, 0.25) is 5.91 Å². The van der Waals surface area contributed by atoms with E-state index in [1.54, 1.807) is 12.0 Å². The minimum absolute atomic E-state index is 0.0417. The Morgan fingerprint density at radius 1 is 0.944 bits per heavy atom. The number of rotatable bonds is 12. The molecule has 1 N–H and O–H groups in total. The molecule has 0 saturated heterocycles. The van der Waals surface area contributed by atoms with Crippen molar-refractivity contribution >= 4 is 11.8 Å². The van der Waals surface area contributed by atoms with E-state index in [4.69, 9.17) is 9.47 Å². The van der Waals surface area contributed by atoms with Crippen molar-refractivity contribution in [1.82, 2.24) is 10.2 Å². The smallest absolute Gasteiger partial charge is 0.261 e. The number of hydrogen-bond acceptors (Lipinski definition) is 4. The summed E-state index contributed by atoms with van der Waals surface area (Å²) >= 11 is 0. The summed E-state index contributed by atoms with van der Waals surface area (Å²) in [6.45, 7) is 3.82. The number of hydrogen-bond donors (Lipinski definition) is 1. The van der Waals surface area contributed by atoms with Crippen LogP contribution in [0.1, 0.15) is 31.4 Å². The fraction of sp³-hybridized carbons (Fsp3) is 0.310. The molecule has 6 nitrogen and oxygen atoms in total. The van der Waals surface area contributed by atoms with Crippen molar-refractivity contribution < 1.29 is 23.5 Å². The molecule has 0 heterocycles. The number of nitrogens with one attached hydrogen (secondary N) is 1. The Kier molecular flexibility index (Phi) is 9.86. The molecule has 0 fully saturated rings. The maximum absolute atomic E-state index is 13.5. The van der Waals surface area contributed by atoms with Crippen LogP contribution >= 0.6 is 0 Å². The molecular weight excluding hydrogens is 459 g/mol. The third kappa shape index (κ3) is 7.83. The molecule has 3 rings (SSSR count). The van der Waals surface area contributed by atoms with E-state index < -0.39 is 11.9 Å². The van der Waals surface area contributed by atoms with E-state index in [1.165, 1.54) is 24.3 Å². The standard InChI is InChI=1S/C29H33FN2O4/c1-4-21(2)31-29(34)27(18-22-9-6-5-7-10-22)32(19-23-11-8-12-26(17-23)35-3)28(33)20-36-25-15-13-24(30)14-16-25/h5-17,21,27H,4,18-20H2,1-3H3,(H,31,34). The molecular formula is C29H33FN2O4. The molecule has 36 heavy (non-hydrogen) atoms. The number of methoxy groups -OCH3 is 1. The third-order valence-corrected chi connectivity index (χ3v) is 5.94. The van der Waals surface area contributed by atoms with Crippen LogP contribution in [0.3, 0.4) is 0 Å². The van der Waals surface area contributed by atoms with Gasteiger partial charge in [-0.3, -0.25) is 9.59 Å². The van der Waals surface area contributed by atoms with E-state index >= 15 is 0 Å². The van der Waals surface area contributed by atoms with Crippen LogP contribution in [0.25, 0.3) is 0 Å². The van der Waals surface area contributed by atoms with Gasteiger partial charge in [0.15, 0.2) is 6.61 Å². The van der Waals surface area contributed by atoms with Crippen molar-refractivity contribution in [1.29, 1.82) is 0 Å². The summed E-state index contributed by atoms with van der Waals surface area (Å²) in [6, 6.07) is 21.7. The zero-order chi connectivity index (χ0) is 25.9. The van der Waals surface area contributed by atoms with Crippen molar-refractivity contribution in [2.45, 2.75) is 45.3 Å². The second-order valence-corrected chi connectivity index (χ2v) is 8.64. The molecule has 0 aliphatic heterocycles. The lowest BCUT2D eigenvalue weighted by atomic mass is 10.0. The average Bonchev–Trinajstić information content (AvgIpc) is 2.90. The summed E-state index contributed by atoms with van der Waals surface area (Å²) in [4.78, 5) is 28.6. The van der Waals surface area contributed by atoms with Crippen LogP contribution in [0, 0.1) is 5.82 Å². The van der Waals surface area contributed by atoms with Crippen molar-refractivity contribution in [2.24, 2.45) is 0 Å². The molecule has 0 saturated carbocycles. The Bertz CT molecular complexity index is 1120. The van der Waals surface area contributed by atoms with Gasteiger partial charge in [0, 0.05) is 19.0 Å². The number of ether oxygens (including phenoxy) is 2. The Labute approximate surface area is 212 Å². The zero-order valence-corrected chi connectivity index (χ0v) is 20.9. The zero-order valence-electron chi connectivity index (χ0n) is 20.9. The van der Waals surface area contributed by atoms with Gasteiger partial charge in [-0.1, -0.05) is 49.4 Å². The maximum atomic E-state index is 13.5. The SMILES string of the molecule is CCC(C)NC(=O)C(Cc1ccccc1)N(Cc1cccc(OC)c1)C(=O)COc1ccc(F)cc1. The topological polar surface area (TPSA) is 67.9 Å². The maximum Gasteiger partial charge on any atom is 0.261 e. The summed E-state index contributed by atoms with van der Waals surface area (Å²) in [5.41, 5.74) is 1.75. The Morgan fingerprint density at radius 3 is 2.31 bits per heavy atom. The average molecular weight is 493 g/mol. The van der Waals surface area contributed by atoms with Crippen LogP contribution in [0.5, 0.6) is 11.5 Å². The van der Waals surface area contributed by atoms with E-state index in [0.29, 0.717) is 17.9 Å². The molecule has 0 spiro atoms. The number of carbonyl (C=O) groups excluding carboxylic acids is 2. The Balaban J connectivity index is 1.92. The lowest BCUT2D eigenvalue weighted by molar-refractivity contribution is -0.143. The van der Waals surface area contributed by atoms with Crippen LogP contribution in [0.15, 0.2) is 78.9 Å². The van der Waals surface area contributed by atoms with Gasteiger partial charge < -0.3 is 19.7 Å². The predicted molar refractivity (Wildman–Crippen MR) is 137 cm³/mol. The summed E-state index contributed by atoms with van der Waals surface area (Å²) in [7, 11) is 1.58. The minimum atomic E-state index is -0.767. The van der Waals surface area contributed by atoms with Gasteiger partial charge in [-0.05, 0) is 60.9 Å². The molecule has 190 valence electrons. The van der Waals surface area contributed by atoms with Gasteiger partial charge in [-0.25, -0.2) is 4.39 Å². The monoisotopic (exact) mass is 492 g/mol. The summed E-state index contributed by atoms with van der Waals surface area (Å²) in [6.07, 6.45) is 1.11. The first-order valence-electron chi connectivity index (χ1n) is 12.0. The molecule has 2 atom stereocenters. The van der Waals surface area contributed by atoms with Crippen LogP contribution in [0.4, 0.5) is 4.39 Å². The van der Waals surface area contributed by atoms with Crippen molar-refractivity contribution in [3.8, 4) is 11.5 Å². The van der Waals surface area contributed by atoms with E-state index in [0.717, 1.165) is 17.5 Å². The van der Waals surface area contributed by atoms with E-state index in [9.17, 15) is 14.0 Å². The first-order valence-corrected chi connectivity index (χ1v) is 12.0. The number of amides is 2. The van der Waals surface area contributed by atoms with E-state index in [2.05, 4.69) is 5.32 Å². The summed E-state index contributed by atoms with van der Waals surface area (Å²) < 4.78 is 24.3. The van der Waals surface area contributed by atoms with E-state index in [-0.39, 0.29) is 31.0 Å². The normalized spacial score (nSPS) is 12.3. The first-order chi connectivity index (χ1) is 17.4. The predicted octanol–water partition coefficient (Wildman–Crippen LogP) is 4.77. The molecule has 2 unspecified atom stereocenters. The molecule has 0 aliphatic carbocycles. The fourth-order valence-corrected chi connectivity index (χ4v) is 3.72. The highest BCUT2D eigenvalue weighted by atomic mass is 19.1. The quantitative estimate of drug-likeness (QED) is 0.396. The molecule has 2 amide bonds. The molecule has 3 aromatic rings. The van der Waals surface area contributed by atoms with Crippen molar-refractivity contribution in [3.05, 3.63) is 95.8 Å². The van der Waals surface area contributed by atoms with Crippen molar-refractivity contribution in [2.75, 3.05) is 13.7 Å². The first kappa shape index (κ1) is 26.7. The highest BCUT2D eigenvalue weighted by Gasteiger charge is 2.31. The highest BCUT2D eigenvalue weighted by Crippen LogP contribution is 2.19. The van der Waals surface area contributed by atoms with E-state index in [1.807, 2.05) is 68.4 Å². The lowest BCUT2D eigenvalue weighted by Gasteiger charge is -2.32. The third-order valence-electron chi connectivity index (χ3n) is 5.94. The van der Waals surface area contributed by atoms with Crippen LogP contribution in [0.2, 0.25) is 0 Å². The number of halogens is 1. The molecule has 0 aliphatic rings. The molecule has 3 aromatic carbocycles. The Hall–Kier alpha value is -3.87. The second kappa shape index (κ2) is 13.3.